The highest BCUT2D eigenvalue weighted by Gasteiger charge is 2.20. The minimum atomic E-state index is -4.06. The van der Waals surface area contributed by atoms with Gasteiger partial charge in [0.05, 0.1) is 34.1 Å². The first-order valence-electron chi connectivity index (χ1n) is 9.17. The largest absolute Gasteiger partial charge is 0.495 e. The third-order valence-corrected chi connectivity index (χ3v) is 5.31. The first-order chi connectivity index (χ1) is 15.3. The molecule has 0 unspecified atom stereocenters. The van der Waals surface area contributed by atoms with Gasteiger partial charge in [0.1, 0.15) is 16.5 Å². The highest BCUT2D eigenvalue weighted by atomic mass is 32.2. The van der Waals surface area contributed by atoms with Crippen LogP contribution in [0.3, 0.4) is 0 Å². The summed E-state index contributed by atoms with van der Waals surface area (Å²) >= 11 is 0. The van der Waals surface area contributed by atoms with Crippen molar-refractivity contribution in [3.05, 3.63) is 42.6 Å². The zero-order valence-corrected chi connectivity index (χ0v) is 18.7. The molecule has 0 aliphatic carbocycles. The van der Waals surface area contributed by atoms with Gasteiger partial charge in [0.25, 0.3) is 0 Å². The summed E-state index contributed by atoms with van der Waals surface area (Å²) in [4.78, 5) is 8.38. The smallest absolute Gasteiger partial charge is 0.243 e. The lowest BCUT2D eigenvalue weighted by Gasteiger charge is -2.15. The van der Waals surface area contributed by atoms with Crippen molar-refractivity contribution in [3.63, 3.8) is 0 Å². The molecule has 0 saturated heterocycles. The van der Waals surface area contributed by atoms with Gasteiger partial charge in [-0.2, -0.15) is 4.98 Å². The summed E-state index contributed by atoms with van der Waals surface area (Å²) in [5.41, 5.74) is 0.799. The average Bonchev–Trinajstić information content (AvgIpc) is 2.77. The first-order valence-corrected chi connectivity index (χ1v) is 10.7. The molecule has 12 heteroatoms. The molecule has 0 aliphatic heterocycles. The Labute approximate surface area is 185 Å². The lowest BCUT2D eigenvalue weighted by Crippen LogP contribution is -2.15. The molecule has 0 atom stereocenters. The molecule has 3 aromatic rings. The SMILES string of the molecule is COc1cc(Nc2nccc(Nc3cccc(OC)c3S(N)(=O)=O)n2)cc(OC)c1OC. The van der Waals surface area contributed by atoms with E-state index in [2.05, 4.69) is 20.6 Å². The van der Waals surface area contributed by atoms with Gasteiger partial charge in [0.2, 0.25) is 21.7 Å². The number of sulfonamides is 1. The van der Waals surface area contributed by atoms with Gasteiger partial charge in [-0.3, -0.25) is 0 Å². The minimum Gasteiger partial charge on any atom is -0.495 e. The molecule has 1 aromatic heterocycles. The zero-order chi connectivity index (χ0) is 23.3. The number of aromatic nitrogens is 2. The van der Waals surface area contributed by atoms with E-state index in [1.807, 2.05) is 0 Å². The molecule has 170 valence electrons. The number of nitrogens with two attached hydrogens (primary N) is 1. The normalized spacial score (nSPS) is 10.9. The number of ether oxygens (including phenoxy) is 4. The average molecular weight is 462 g/mol. The second kappa shape index (κ2) is 9.58. The lowest BCUT2D eigenvalue weighted by atomic mass is 10.2. The number of primary sulfonamides is 1. The van der Waals surface area contributed by atoms with Gasteiger partial charge in [0, 0.05) is 24.0 Å². The Hall–Kier alpha value is -3.77. The molecule has 1 heterocycles. The van der Waals surface area contributed by atoms with Crippen LogP contribution in [0.1, 0.15) is 0 Å². The van der Waals surface area contributed by atoms with E-state index in [1.54, 1.807) is 30.3 Å². The highest BCUT2D eigenvalue weighted by Crippen LogP contribution is 2.40. The maximum absolute atomic E-state index is 12.1. The fourth-order valence-corrected chi connectivity index (χ4v) is 3.83. The molecule has 0 radical (unpaired) electrons. The summed E-state index contributed by atoms with van der Waals surface area (Å²) in [6, 6.07) is 9.66. The number of methoxy groups -OCH3 is 4. The van der Waals surface area contributed by atoms with E-state index in [9.17, 15) is 8.42 Å². The molecule has 0 saturated carbocycles. The van der Waals surface area contributed by atoms with Crippen molar-refractivity contribution in [2.45, 2.75) is 4.90 Å². The first kappa shape index (κ1) is 22.9. The number of nitrogens with one attached hydrogen (secondary N) is 2. The molecule has 0 fully saturated rings. The summed E-state index contributed by atoms with van der Waals surface area (Å²) < 4.78 is 45.3. The van der Waals surface area contributed by atoms with Crippen LogP contribution in [0.4, 0.5) is 23.1 Å². The number of benzene rings is 2. The highest BCUT2D eigenvalue weighted by molar-refractivity contribution is 7.89. The van der Waals surface area contributed by atoms with Gasteiger partial charge in [-0.05, 0) is 18.2 Å². The quantitative estimate of drug-likeness (QED) is 0.434. The fraction of sp³-hybridized carbons (Fsp3) is 0.200. The van der Waals surface area contributed by atoms with Crippen molar-refractivity contribution in [1.29, 1.82) is 0 Å². The Morgan fingerprint density at radius 3 is 2.09 bits per heavy atom. The monoisotopic (exact) mass is 461 g/mol. The molecule has 0 amide bonds. The van der Waals surface area contributed by atoms with E-state index in [4.69, 9.17) is 24.1 Å². The van der Waals surface area contributed by atoms with Gasteiger partial charge in [-0.15, -0.1) is 0 Å². The van der Waals surface area contributed by atoms with E-state index in [-0.39, 0.29) is 22.3 Å². The van der Waals surface area contributed by atoms with Crippen LogP contribution in [0.5, 0.6) is 23.0 Å². The zero-order valence-electron chi connectivity index (χ0n) is 17.9. The van der Waals surface area contributed by atoms with E-state index in [1.165, 1.54) is 40.7 Å². The van der Waals surface area contributed by atoms with Crippen LogP contribution in [0.15, 0.2) is 47.5 Å². The van der Waals surface area contributed by atoms with Crippen LogP contribution in [-0.2, 0) is 10.0 Å². The molecular weight excluding hydrogens is 438 g/mol. The van der Waals surface area contributed by atoms with Crippen LogP contribution in [0.2, 0.25) is 0 Å². The van der Waals surface area contributed by atoms with Gasteiger partial charge in [-0.25, -0.2) is 18.5 Å². The van der Waals surface area contributed by atoms with Gasteiger partial charge in [0.15, 0.2) is 11.5 Å². The van der Waals surface area contributed by atoms with Gasteiger partial charge >= 0.3 is 0 Å². The Morgan fingerprint density at radius 2 is 1.53 bits per heavy atom. The number of anilines is 4. The van der Waals surface area contributed by atoms with E-state index in [0.717, 1.165) is 0 Å². The maximum atomic E-state index is 12.1. The second-order valence-electron chi connectivity index (χ2n) is 6.31. The standard InChI is InChI=1S/C20H23N5O6S/c1-28-14-7-5-6-13(19(14)32(21,26)27)24-17-8-9-22-20(25-17)23-12-10-15(29-2)18(31-4)16(11-12)30-3/h5-11H,1-4H3,(H2,21,26,27)(H2,22,23,24,25). The fourth-order valence-electron chi connectivity index (χ4n) is 2.98. The van der Waals surface area contributed by atoms with Crippen molar-refractivity contribution < 1.29 is 27.4 Å². The predicted molar refractivity (Wildman–Crippen MR) is 119 cm³/mol. The summed E-state index contributed by atoms with van der Waals surface area (Å²) in [6.45, 7) is 0. The Morgan fingerprint density at radius 1 is 0.875 bits per heavy atom. The predicted octanol–water partition coefficient (Wildman–Crippen LogP) is 2.65. The minimum absolute atomic E-state index is 0.113. The molecule has 0 bridgehead atoms. The Balaban J connectivity index is 1.93. The van der Waals surface area contributed by atoms with E-state index >= 15 is 0 Å². The second-order valence-corrected chi connectivity index (χ2v) is 7.81. The van der Waals surface area contributed by atoms with Crippen molar-refractivity contribution in [1.82, 2.24) is 9.97 Å². The molecule has 2 aromatic carbocycles. The van der Waals surface area contributed by atoms with Gasteiger partial charge < -0.3 is 29.6 Å². The van der Waals surface area contributed by atoms with Crippen LogP contribution >= 0.6 is 0 Å². The molecule has 11 nitrogen and oxygen atoms in total. The molecule has 0 aliphatic rings. The van der Waals surface area contributed by atoms with E-state index in [0.29, 0.717) is 28.8 Å². The van der Waals surface area contributed by atoms with Crippen molar-refractivity contribution >= 4 is 33.2 Å². The number of nitrogens with zero attached hydrogens (tertiary/aromatic N) is 2. The number of hydrogen-bond donors (Lipinski definition) is 3. The molecule has 3 rings (SSSR count). The number of rotatable bonds is 9. The lowest BCUT2D eigenvalue weighted by molar-refractivity contribution is 0.324. The molecule has 0 spiro atoms. The molecular formula is C20H23N5O6S. The summed E-state index contributed by atoms with van der Waals surface area (Å²) in [7, 11) is 1.84. The molecule has 32 heavy (non-hydrogen) atoms. The number of hydrogen-bond acceptors (Lipinski definition) is 10. The third kappa shape index (κ3) is 4.92. The Kier molecular flexibility index (Phi) is 6.85. The summed E-state index contributed by atoms with van der Waals surface area (Å²) in [5, 5.41) is 11.4. The van der Waals surface area contributed by atoms with Crippen molar-refractivity contribution in [2.75, 3.05) is 39.1 Å². The maximum Gasteiger partial charge on any atom is 0.243 e. The van der Waals surface area contributed by atoms with Gasteiger partial charge in [-0.1, -0.05) is 6.07 Å². The van der Waals surface area contributed by atoms with Crippen molar-refractivity contribution in [2.24, 2.45) is 5.14 Å². The van der Waals surface area contributed by atoms with Crippen molar-refractivity contribution in [3.8, 4) is 23.0 Å². The van der Waals surface area contributed by atoms with Crippen LogP contribution < -0.4 is 34.7 Å². The third-order valence-electron chi connectivity index (χ3n) is 4.32. The van der Waals surface area contributed by atoms with Crippen LogP contribution in [-0.4, -0.2) is 46.8 Å². The summed E-state index contributed by atoms with van der Waals surface area (Å²) in [6.07, 6.45) is 1.51. The van der Waals surface area contributed by atoms with E-state index < -0.39 is 10.0 Å². The van der Waals surface area contributed by atoms with Crippen LogP contribution in [0.25, 0.3) is 0 Å². The topological polar surface area (TPSA) is 147 Å². The summed E-state index contributed by atoms with van der Waals surface area (Å²) in [5.74, 6) is 2.04. The Bertz CT molecular complexity index is 1190. The van der Waals surface area contributed by atoms with Crippen LogP contribution in [0, 0.1) is 0 Å². The molecule has 4 N–H and O–H groups in total.